The molecule has 0 unspecified atom stereocenters. The van der Waals surface area contributed by atoms with Crippen LogP contribution in [0.2, 0.25) is 0 Å². The number of carbonyl (C=O) groups excluding carboxylic acids is 1. The number of nitrogens with zero attached hydrogens (tertiary/aromatic N) is 2. The van der Waals surface area contributed by atoms with Gasteiger partial charge in [0.1, 0.15) is 5.01 Å². The lowest BCUT2D eigenvalue weighted by atomic mass is 10.0. The Bertz CT molecular complexity index is 409. The van der Waals surface area contributed by atoms with Gasteiger partial charge in [0.15, 0.2) is 0 Å². The predicted molar refractivity (Wildman–Crippen MR) is 86.4 cm³/mol. The summed E-state index contributed by atoms with van der Waals surface area (Å²) in [5, 5.41) is 6.71. The fourth-order valence-corrected chi connectivity index (χ4v) is 3.86. The van der Waals surface area contributed by atoms with Crippen molar-refractivity contribution in [3.05, 3.63) is 16.6 Å². The molecular formula is C14H23N3OS2. The number of hydrogen-bond acceptors (Lipinski definition) is 4. The maximum atomic E-state index is 12.3. The largest absolute Gasteiger partial charge is 0.337 e. The zero-order valence-electron chi connectivity index (χ0n) is 12.2. The Balaban J connectivity index is 1.86. The number of piperidine rings is 1. The van der Waals surface area contributed by atoms with Crippen LogP contribution in [-0.4, -0.2) is 40.0 Å². The standard InChI is InChI=1S/C14H23N3OS2/c1-11(2)19-9-7-16-14(18)17-8-4-3-5-12(17)13-15-6-10-20-13/h6,10-12H,3-5,7-9H2,1-2H3,(H,16,18)/t12-/m1/s1. The van der Waals surface area contributed by atoms with E-state index in [-0.39, 0.29) is 12.1 Å². The van der Waals surface area contributed by atoms with Crippen molar-refractivity contribution in [1.29, 1.82) is 0 Å². The maximum absolute atomic E-state index is 12.3. The Morgan fingerprint density at radius 2 is 2.45 bits per heavy atom. The molecule has 1 aromatic rings. The molecule has 0 aromatic carbocycles. The molecule has 0 saturated carbocycles. The van der Waals surface area contributed by atoms with E-state index in [2.05, 4.69) is 24.1 Å². The van der Waals surface area contributed by atoms with E-state index in [1.54, 1.807) is 11.3 Å². The highest BCUT2D eigenvalue weighted by atomic mass is 32.2. The number of rotatable bonds is 5. The molecule has 1 N–H and O–H groups in total. The summed E-state index contributed by atoms with van der Waals surface area (Å²) >= 11 is 3.52. The molecule has 1 aromatic heterocycles. The van der Waals surface area contributed by atoms with Crippen LogP contribution in [0.1, 0.15) is 44.2 Å². The van der Waals surface area contributed by atoms with Gasteiger partial charge in [-0.3, -0.25) is 0 Å². The van der Waals surface area contributed by atoms with Crippen LogP contribution in [0.15, 0.2) is 11.6 Å². The van der Waals surface area contributed by atoms with Crippen LogP contribution in [0.3, 0.4) is 0 Å². The second-order valence-corrected chi connectivity index (χ2v) is 7.84. The molecule has 112 valence electrons. The van der Waals surface area contributed by atoms with Crippen LogP contribution in [0.25, 0.3) is 0 Å². The molecule has 1 aliphatic rings. The fraction of sp³-hybridized carbons (Fsp3) is 0.714. The first-order chi connectivity index (χ1) is 9.68. The summed E-state index contributed by atoms with van der Waals surface area (Å²) in [4.78, 5) is 18.7. The van der Waals surface area contributed by atoms with Crippen LogP contribution >= 0.6 is 23.1 Å². The Hall–Kier alpha value is -0.750. The van der Waals surface area contributed by atoms with Gasteiger partial charge in [-0.15, -0.1) is 11.3 Å². The Morgan fingerprint density at radius 3 is 3.15 bits per heavy atom. The molecule has 1 atom stereocenters. The van der Waals surface area contributed by atoms with Crippen molar-refractivity contribution in [3.63, 3.8) is 0 Å². The van der Waals surface area contributed by atoms with Gasteiger partial charge in [0.25, 0.3) is 0 Å². The minimum absolute atomic E-state index is 0.0641. The van der Waals surface area contributed by atoms with Gasteiger partial charge in [-0.2, -0.15) is 11.8 Å². The number of urea groups is 1. The molecule has 0 bridgehead atoms. The van der Waals surface area contributed by atoms with Gasteiger partial charge >= 0.3 is 6.03 Å². The number of carbonyl (C=O) groups is 1. The number of likely N-dealkylation sites (tertiary alicyclic amines) is 1. The molecule has 2 rings (SSSR count). The van der Waals surface area contributed by atoms with Gasteiger partial charge in [0.2, 0.25) is 0 Å². The van der Waals surface area contributed by atoms with E-state index in [4.69, 9.17) is 0 Å². The summed E-state index contributed by atoms with van der Waals surface area (Å²) in [5.41, 5.74) is 0. The molecular weight excluding hydrogens is 290 g/mol. The van der Waals surface area contributed by atoms with Crippen molar-refractivity contribution >= 4 is 29.1 Å². The molecule has 2 amide bonds. The maximum Gasteiger partial charge on any atom is 0.318 e. The van der Waals surface area contributed by atoms with Crippen LogP contribution in [0.5, 0.6) is 0 Å². The highest BCUT2D eigenvalue weighted by Crippen LogP contribution is 2.31. The zero-order valence-corrected chi connectivity index (χ0v) is 13.8. The van der Waals surface area contributed by atoms with E-state index >= 15 is 0 Å². The third kappa shape index (κ3) is 4.38. The van der Waals surface area contributed by atoms with E-state index < -0.39 is 0 Å². The molecule has 6 heteroatoms. The minimum Gasteiger partial charge on any atom is -0.337 e. The number of hydrogen-bond donors (Lipinski definition) is 1. The van der Waals surface area contributed by atoms with E-state index in [9.17, 15) is 4.79 Å². The van der Waals surface area contributed by atoms with Crippen molar-refractivity contribution < 1.29 is 4.79 Å². The topological polar surface area (TPSA) is 45.2 Å². The summed E-state index contributed by atoms with van der Waals surface area (Å²) in [5.74, 6) is 0.971. The third-order valence-electron chi connectivity index (χ3n) is 3.33. The molecule has 0 spiro atoms. The lowest BCUT2D eigenvalue weighted by molar-refractivity contribution is 0.152. The Labute approximate surface area is 129 Å². The fourth-order valence-electron chi connectivity index (χ4n) is 2.38. The molecule has 0 radical (unpaired) electrons. The molecule has 1 fully saturated rings. The second kappa shape index (κ2) is 7.88. The van der Waals surface area contributed by atoms with Crippen molar-refractivity contribution in [2.24, 2.45) is 0 Å². The first-order valence-corrected chi connectivity index (χ1v) is 9.17. The highest BCUT2D eigenvalue weighted by molar-refractivity contribution is 7.99. The van der Waals surface area contributed by atoms with Crippen molar-refractivity contribution in [2.45, 2.75) is 44.4 Å². The molecule has 4 nitrogen and oxygen atoms in total. The van der Waals surface area contributed by atoms with Gasteiger partial charge in [0, 0.05) is 30.4 Å². The summed E-state index contributed by atoms with van der Waals surface area (Å²) in [7, 11) is 0. The second-order valence-electron chi connectivity index (χ2n) is 5.23. The van der Waals surface area contributed by atoms with Gasteiger partial charge in [0.05, 0.1) is 6.04 Å². The smallest absolute Gasteiger partial charge is 0.318 e. The lowest BCUT2D eigenvalue weighted by Crippen LogP contribution is -2.45. The molecule has 0 aliphatic carbocycles. The average molecular weight is 313 g/mol. The minimum atomic E-state index is 0.0641. The van der Waals surface area contributed by atoms with Crippen molar-refractivity contribution in [3.8, 4) is 0 Å². The quantitative estimate of drug-likeness (QED) is 0.846. The Morgan fingerprint density at radius 1 is 1.60 bits per heavy atom. The summed E-state index contributed by atoms with van der Waals surface area (Å²) in [6.07, 6.45) is 5.12. The molecule has 2 heterocycles. The van der Waals surface area contributed by atoms with Gasteiger partial charge < -0.3 is 10.2 Å². The summed E-state index contributed by atoms with van der Waals surface area (Å²) in [6, 6.07) is 0.232. The number of nitrogens with one attached hydrogen (secondary N) is 1. The van der Waals surface area contributed by atoms with Crippen LogP contribution in [0.4, 0.5) is 4.79 Å². The predicted octanol–water partition coefficient (Wildman–Crippen LogP) is 3.52. The van der Waals surface area contributed by atoms with Crippen LogP contribution in [-0.2, 0) is 0 Å². The average Bonchev–Trinajstić information content (AvgIpc) is 2.97. The number of thioether (sulfide) groups is 1. The molecule has 1 aliphatic heterocycles. The first kappa shape index (κ1) is 15.6. The van der Waals surface area contributed by atoms with Crippen molar-refractivity contribution in [2.75, 3.05) is 18.8 Å². The monoisotopic (exact) mass is 313 g/mol. The number of aromatic nitrogens is 1. The first-order valence-electron chi connectivity index (χ1n) is 7.24. The lowest BCUT2D eigenvalue weighted by Gasteiger charge is -2.34. The van der Waals surface area contributed by atoms with Gasteiger partial charge in [-0.25, -0.2) is 9.78 Å². The van der Waals surface area contributed by atoms with E-state index in [0.717, 1.165) is 36.7 Å². The zero-order chi connectivity index (χ0) is 14.4. The highest BCUT2D eigenvalue weighted by Gasteiger charge is 2.29. The van der Waals surface area contributed by atoms with Crippen molar-refractivity contribution in [1.82, 2.24) is 15.2 Å². The van der Waals surface area contributed by atoms with Gasteiger partial charge in [-0.05, 0) is 24.5 Å². The van der Waals surface area contributed by atoms with Crippen LogP contribution in [0, 0.1) is 0 Å². The van der Waals surface area contributed by atoms with Gasteiger partial charge in [-0.1, -0.05) is 13.8 Å². The van der Waals surface area contributed by atoms with E-state index in [1.165, 1.54) is 6.42 Å². The number of thiazole rings is 1. The number of amides is 2. The normalized spacial score (nSPS) is 19.4. The summed E-state index contributed by atoms with van der Waals surface area (Å²) in [6.45, 7) is 5.93. The third-order valence-corrected chi connectivity index (χ3v) is 5.31. The molecule has 1 saturated heterocycles. The molecule has 20 heavy (non-hydrogen) atoms. The summed E-state index contributed by atoms with van der Waals surface area (Å²) < 4.78 is 0. The SMILES string of the molecule is CC(C)SCCNC(=O)N1CCCC[C@@H]1c1nccs1. The Kier molecular flexibility index (Phi) is 6.16. The van der Waals surface area contributed by atoms with E-state index in [0.29, 0.717) is 5.25 Å². The van der Waals surface area contributed by atoms with Crippen LogP contribution < -0.4 is 5.32 Å². The van der Waals surface area contributed by atoms with E-state index in [1.807, 2.05) is 28.2 Å².